The maximum Gasteiger partial charge on any atom is 0.253 e. The molecule has 1 aromatic carbocycles. The third-order valence-corrected chi connectivity index (χ3v) is 3.50. The largest absolute Gasteiger partial charge is 0.336 e. The number of nitrogens with one attached hydrogen (secondary N) is 1. The number of halogens is 2. The van der Waals surface area contributed by atoms with Gasteiger partial charge in [-0.1, -0.05) is 27.5 Å². The van der Waals surface area contributed by atoms with Crippen molar-refractivity contribution < 1.29 is 4.79 Å². The molecule has 5 heteroatoms. The summed E-state index contributed by atoms with van der Waals surface area (Å²) < 4.78 is 0.818. The van der Waals surface area contributed by atoms with Gasteiger partial charge in [0.25, 0.3) is 5.91 Å². The fourth-order valence-corrected chi connectivity index (χ4v) is 2.34. The zero-order valence-corrected chi connectivity index (χ0v) is 11.3. The molecule has 1 amide bonds. The summed E-state index contributed by atoms with van der Waals surface area (Å²) >= 11 is 9.25. The Hall–Kier alpha value is -1.05. The van der Waals surface area contributed by atoms with E-state index in [-0.39, 0.29) is 5.91 Å². The van der Waals surface area contributed by atoms with Crippen LogP contribution in [-0.2, 0) is 0 Å². The van der Waals surface area contributed by atoms with Gasteiger partial charge in [0.15, 0.2) is 0 Å². The Kier molecular flexibility index (Phi) is 3.70. The highest BCUT2D eigenvalue weighted by atomic mass is 79.9. The van der Waals surface area contributed by atoms with Crippen LogP contribution in [0.2, 0.25) is 5.02 Å². The molecule has 1 aliphatic carbocycles. The highest BCUT2D eigenvalue weighted by molar-refractivity contribution is 9.10. The lowest BCUT2D eigenvalue weighted by Gasteiger charge is -2.11. The fourth-order valence-electron chi connectivity index (χ4n) is 1.58. The van der Waals surface area contributed by atoms with Crippen molar-refractivity contribution in [2.45, 2.75) is 18.9 Å². The van der Waals surface area contributed by atoms with Gasteiger partial charge in [-0.3, -0.25) is 4.79 Å². The highest BCUT2D eigenvalue weighted by Crippen LogP contribution is 2.32. The van der Waals surface area contributed by atoms with Crippen LogP contribution in [0.5, 0.6) is 0 Å². The van der Waals surface area contributed by atoms with Crippen molar-refractivity contribution in [3.05, 3.63) is 33.3 Å². The first-order valence-electron chi connectivity index (χ1n) is 5.27. The van der Waals surface area contributed by atoms with Crippen molar-refractivity contribution >= 4 is 33.4 Å². The Bertz CT molecular complexity index is 494. The number of carbonyl (C=O) groups is 1. The first-order chi connectivity index (χ1) is 8.11. The fraction of sp³-hybridized carbons (Fsp3) is 0.333. The Balaban J connectivity index is 2.11. The Morgan fingerprint density at radius 3 is 2.82 bits per heavy atom. The van der Waals surface area contributed by atoms with Crippen molar-refractivity contribution in [1.29, 1.82) is 5.26 Å². The summed E-state index contributed by atoms with van der Waals surface area (Å²) in [5, 5.41) is 12.0. The van der Waals surface area contributed by atoms with Gasteiger partial charge in [-0.2, -0.15) is 5.26 Å². The summed E-state index contributed by atoms with van der Waals surface area (Å²) in [5.74, 6) is 0.0131. The van der Waals surface area contributed by atoms with Crippen LogP contribution in [-0.4, -0.2) is 11.9 Å². The molecule has 0 aliphatic heterocycles. The molecule has 0 aromatic heterocycles. The third-order valence-electron chi connectivity index (χ3n) is 2.69. The zero-order valence-electron chi connectivity index (χ0n) is 8.91. The minimum atomic E-state index is -0.401. The van der Waals surface area contributed by atoms with Crippen molar-refractivity contribution in [2.75, 3.05) is 0 Å². The van der Waals surface area contributed by atoms with E-state index in [4.69, 9.17) is 16.9 Å². The molecule has 0 bridgehead atoms. The molecule has 1 saturated carbocycles. The Morgan fingerprint density at radius 1 is 1.59 bits per heavy atom. The number of nitriles is 1. The van der Waals surface area contributed by atoms with Gasteiger partial charge < -0.3 is 5.32 Å². The summed E-state index contributed by atoms with van der Waals surface area (Å²) in [6.45, 7) is 0. The SMILES string of the molecule is N#CC(NC(=O)c1ccc(Br)cc1Cl)C1CC1. The summed E-state index contributed by atoms with van der Waals surface area (Å²) in [5.41, 5.74) is 0.399. The standard InChI is InChI=1S/C12H10BrClN2O/c13-8-3-4-9(10(14)5-8)12(17)16-11(6-15)7-1-2-7/h3-5,7,11H,1-2H2,(H,16,17). The Morgan fingerprint density at radius 2 is 2.29 bits per heavy atom. The van der Waals surface area contributed by atoms with Crippen molar-refractivity contribution in [1.82, 2.24) is 5.32 Å². The average molecular weight is 314 g/mol. The number of rotatable bonds is 3. The molecule has 3 nitrogen and oxygen atoms in total. The number of nitrogens with zero attached hydrogens (tertiary/aromatic N) is 1. The van der Waals surface area contributed by atoms with Crippen LogP contribution in [0.15, 0.2) is 22.7 Å². The molecular weight excluding hydrogens is 304 g/mol. The molecule has 1 N–H and O–H groups in total. The zero-order chi connectivity index (χ0) is 12.4. The van der Waals surface area contributed by atoms with Crippen LogP contribution in [0.1, 0.15) is 23.2 Å². The van der Waals surface area contributed by atoms with E-state index in [0.29, 0.717) is 16.5 Å². The van der Waals surface area contributed by atoms with Crippen molar-refractivity contribution in [3.8, 4) is 6.07 Å². The molecular formula is C12H10BrClN2O. The van der Waals surface area contributed by atoms with Gasteiger partial charge in [-0.15, -0.1) is 0 Å². The van der Waals surface area contributed by atoms with E-state index in [1.807, 2.05) is 0 Å². The van der Waals surface area contributed by atoms with E-state index in [0.717, 1.165) is 17.3 Å². The number of amides is 1. The van der Waals surface area contributed by atoms with E-state index < -0.39 is 6.04 Å². The topological polar surface area (TPSA) is 52.9 Å². The molecule has 17 heavy (non-hydrogen) atoms. The number of benzene rings is 1. The maximum absolute atomic E-state index is 11.9. The van der Waals surface area contributed by atoms with Gasteiger partial charge in [0.1, 0.15) is 6.04 Å². The lowest BCUT2D eigenvalue weighted by Crippen LogP contribution is -2.35. The molecule has 0 heterocycles. The highest BCUT2D eigenvalue weighted by Gasteiger charge is 2.32. The molecule has 0 spiro atoms. The molecule has 0 radical (unpaired) electrons. The van der Waals surface area contributed by atoms with Crippen LogP contribution in [0.25, 0.3) is 0 Å². The average Bonchev–Trinajstić information content (AvgIpc) is 3.09. The molecule has 1 aromatic rings. The summed E-state index contributed by atoms with van der Waals surface area (Å²) in [4.78, 5) is 11.9. The molecule has 0 saturated heterocycles. The van der Waals surface area contributed by atoms with E-state index in [2.05, 4.69) is 27.3 Å². The van der Waals surface area contributed by atoms with Crippen LogP contribution in [0.3, 0.4) is 0 Å². The summed E-state index contributed by atoms with van der Waals surface area (Å²) in [6.07, 6.45) is 2.01. The second-order valence-electron chi connectivity index (χ2n) is 4.04. The van der Waals surface area contributed by atoms with Crippen LogP contribution in [0.4, 0.5) is 0 Å². The van der Waals surface area contributed by atoms with Crippen LogP contribution < -0.4 is 5.32 Å². The van der Waals surface area contributed by atoms with Crippen LogP contribution in [0, 0.1) is 17.2 Å². The monoisotopic (exact) mass is 312 g/mol. The maximum atomic E-state index is 11.9. The van der Waals surface area contributed by atoms with Gasteiger partial charge in [0, 0.05) is 4.47 Å². The predicted molar refractivity (Wildman–Crippen MR) is 68.7 cm³/mol. The smallest absolute Gasteiger partial charge is 0.253 e. The normalized spacial score (nSPS) is 16.1. The molecule has 1 unspecified atom stereocenters. The van der Waals surface area contributed by atoms with E-state index >= 15 is 0 Å². The van der Waals surface area contributed by atoms with Gasteiger partial charge >= 0.3 is 0 Å². The second kappa shape index (κ2) is 5.07. The van der Waals surface area contributed by atoms with Crippen LogP contribution >= 0.6 is 27.5 Å². The van der Waals surface area contributed by atoms with Crippen molar-refractivity contribution in [2.24, 2.45) is 5.92 Å². The minimum Gasteiger partial charge on any atom is -0.336 e. The number of hydrogen-bond acceptors (Lipinski definition) is 2. The second-order valence-corrected chi connectivity index (χ2v) is 5.36. The van der Waals surface area contributed by atoms with Crippen molar-refractivity contribution in [3.63, 3.8) is 0 Å². The number of hydrogen-bond donors (Lipinski definition) is 1. The number of carbonyl (C=O) groups excluding carboxylic acids is 1. The van der Waals surface area contributed by atoms with E-state index in [1.54, 1.807) is 18.2 Å². The van der Waals surface area contributed by atoms with Gasteiger partial charge in [-0.25, -0.2) is 0 Å². The first kappa shape index (κ1) is 12.4. The minimum absolute atomic E-state index is 0.291. The summed E-state index contributed by atoms with van der Waals surface area (Å²) in [7, 11) is 0. The first-order valence-corrected chi connectivity index (χ1v) is 6.44. The molecule has 88 valence electrons. The quantitative estimate of drug-likeness (QED) is 0.932. The predicted octanol–water partition coefficient (Wildman–Crippen LogP) is 3.13. The molecule has 2 rings (SSSR count). The van der Waals surface area contributed by atoms with Gasteiger partial charge in [0.05, 0.1) is 16.7 Å². The molecule has 1 aliphatic rings. The Labute approximate surface area is 113 Å². The lowest BCUT2D eigenvalue weighted by atomic mass is 10.1. The van der Waals surface area contributed by atoms with E-state index in [1.165, 1.54) is 0 Å². The summed E-state index contributed by atoms with van der Waals surface area (Å²) in [6, 6.07) is 6.76. The third kappa shape index (κ3) is 2.99. The van der Waals surface area contributed by atoms with Gasteiger partial charge in [0.2, 0.25) is 0 Å². The molecule has 1 atom stereocenters. The van der Waals surface area contributed by atoms with E-state index in [9.17, 15) is 4.79 Å². The van der Waals surface area contributed by atoms with Gasteiger partial charge in [-0.05, 0) is 37.0 Å². The lowest BCUT2D eigenvalue weighted by molar-refractivity contribution is 0.0942. The molecule has 1 fully saturated rings.